The molecule has 3 rings (SSSR count). The van der Waals surface area contributed by atoms with Crippen molar-refractivity contribution >= 4 is 6.21 Å². The van der Waals surface area contributed by atoms with E-state index in [0.717, 1.165) is 23.3 Å². The van der Waals surface area contributed by atoms with Crippen LogP contribution < -0.4 is 0 Å². The lowest BCUT2D eigenvalue weighted by Crippen LogP contribution is -2.04. The van der Waals surface area contributed by atoms with Crippen LogP contribution in [-0.4, -0.2) is 6.21 Å². The van der Waals surface area contributed by atoms with Gasteiger partial charge < -0.3 is 4.84 Å². The Morgan fingerprint density at radius 3 is 2.04 bits per heavy atom. The van der Waals surface area contributed by atoms with Crippen molar-refractivity contribution in [3.05, 3.63) is 107 Å². The largest absolute Gasteiger partial charge is 0.416 e. The van der Waals surface area contributed by atoms with E-state index in [9.17, 15) is 13.2 Å². The summed E-state index contributed by atoms with van der Waals surface area (Å²) in [5.74, 6) is 6.07. The number of alkyl halides is 3. The van der Waals surface area contributed by atoms with E-state index in [1.807, 2.05) is 60.7 Å². The second kappa shape index (κ2) is 8.92. The summed E-state index contributed by atoms with van der Waals surface area (Å²) in [6, 6.07) is 23.5. The van der Waals surface area contributed by atoms with Crippen LogP contribution in [0.25, 0.3) is 0 Å². The first-order valence-corrected chi connectivity index (χ1v) is 8.50. The zero-order valence-corrected chi connectivity index (χ0v) is 14.7. The third kappa shape index (κ3) is 5.49. The Kier molecular flexibility index (Phi) is 6.13. The Balaban J connectivity index is 1.75. The van der Waals surface area contributed by atoms with Crippen LogP contribution in [0.4, 0.5) is 13.2 Å². The van der Waals surface area contributed by atoms with Crippen molar-refractivity contribution < 1.29 is 18.0 Å². The number of hydrogen-bond donors (Lipinski definition) is 0. The van der Waals surface area contributed by atoms with Gasteiger partial charge in [-0.15, -0.1) is 0 Å². The van der Waals surface area contributed by atoms with Gasteiger partial charge >= 0.3 is 6.18 Å². The molecule has 28 heavy (non-hydrogen) atoms. The molecular formula is C23H16F3NO. The molecule has 3 aromatic carbocycles. The van der Waals surface area contributed by atoms with Crippen molar-refractivity contribution in [3.8, 4) is 11.8 Å². The normalized spacial score (nSPS) is 12.2. The van der Waals surface area contributed by atoms with Gasteiger partial charge in [0, 0.05) is 11.1 Å². The molecule has 140 valence electrons. The second-order valence-corrected chi connectivity index (χ2v) is 5.89. The molecule has 0 aliphatic rings. The highest BCUT2D eigenvalue weighted by molar-refractivity contribution is 5.79. The van der Waals surface area contributed by atoms with Crippen molar-refractivity contribution in [1.29, 1.82) is 0 Å². The minimum absolute atomic E-state index is 0.496. The third-order valence-electron chi connectivity index (χ3n) is 3.83. The lowest BCUT2D eigenvalue weighted by molar-refractivity contribution is -0.137. The molecule has 3 aromatic rings. The lowest BCUT2D eigenvalue weighted by atomic mass is 10.1. The third-order valence-corrected chi connectivity index (χ3v) is 3.83. The number of halogens is 3. The summed E-state index contributed by atoms with van der Waals surface area (Å²) >= 11 is 0. The molecule has 0 aliphatic carbocycles. The molecule has 5 heteroatoms. The summed E-state index contributed by atoms with van der Waals surface area (Å²) in [4.78, 5) is 5.52. The molecule has 0 unspecified atom stereocenters. The number of oxime groups is 1. The smallest absolute Gasteiger partial charge is 0.374 e. The second-order valence-electron chi connectivity index (χ2n) is 5.89. The molecule has 0 heterocycles. The first kappa shape index (κ1) is 19.2. The Morgan fingerprint density at radius 2 is 1.43 bits per heavy atom. The molecule has 1 atom stereocenters. The van der Waals surface area contributed by atoms with Crippen molar-refractivity contribution in [1.82, 2.24) is 0 Å². The zero-order valence-electron chi connectivity index (χ0n) is 14.7. The zero-order chi connectivity index (χ0) is 19.8. The SMILES string of the molecule is FC(F)(F)c1ccc(/C=N/O[C@@H](C#Cc2ccccc2)c2ccccc2)cc1. The van der Waals surface area contributed by atoms with E-state index in [1.54, 1.807) is 0 Å². The summed E-state index contributed by atoms with van der Waals surface area (Å²) in [6.45, 7) is 0. The minimum atomic E-state index is -4.36. The fourth-order valence-corrected chi connectivity index (χ4v) is 2.38. The highest BCUT2D eigenvalue weighted by Gasteiger charge is 2.29. The van der Waals surface area contributed by atoms with Gasteiger partial charge in [-0.05, 0) is 35.7 Å². The number of hydrogen-bond acceptors (Lipinski definition) is 2. The maximum Gasteiger partial charge on any atom is 0.416 e. The average molecular weight is 379 g/mol. The highest BCUT2D eigenvalue weighted by atomic mass is 19.4. The molecule has 0 amide bonds. The van der Waals surface area contributed by atoms with Gasteiger partial charge in [-0.25, -0.2) is 0 Å². The number of nitrogens with zero attached hydrogens (tertiary/aromatic N) is 1. The van der Waals surface area contributed by atoms with Gasteiger partial charge in [0.1, 0.15) is 0 Å². The van der Waals surface area contributed by atoms with Gasteiger partial charge in [0.05, 0.1) is 11.8 Å². The lowest BCUT2D eigenvalue weighted by Gasteiger charge is -2.09. The Hall–Kier alpha value is -3.52. The van der Waals surface area contributed by atoms with Crippen LogP contribution in [0.1, 0.15) is 28.4 Å². The number of rotatable bonds is 4. The average Bonchev–Trinajstić information content (AvgIpc) is 2.71. The molecule has 0 N–H and O–H groups in total. The van der Waals surface area contributed by atoms with E-state index in [2.05, 4.69) is 17.0 Å². The molecule has 0 aromatic heterocycles. The van der Waals surface area contributed by atoms with E-state index < -0.39 is 17.8 Å². The molecular weight excluding hydrogens is 363 g/mol. The van der Waals surface area contributed by atoms with E-state index in [4.69, 9.17) is 4.84 Å². The van der Waals surface area contributed by atoms with Crippen LogP contribution >= 0.6 is 0 Å². The summed E-state index contributed by atoms with van der Waals surface area (Å²) < 4.78 is 37.8. The van der Waals surface area contributed by atoms with Gasteiger partial charge in [-0.1, -0.05) is 71.7 Å². The van der Waals surface area contributed by atoms with Crippen LogP contribution in [0.5, 0.6) is 0 Å². The van der Waals surface area contributed by atoms with Crippen LogP contribution in [0.15, 0.2) is 90.1 Å². The minimum Gasteiger partial charge on any atom is -0.374 e. The first-order valence-electron chi connectivity index (χ1n) is 8.50. The van der Waals surface area contributed by atoms with E-state index in [1.165, 1.54) is 18.3 Å². The van der Waals surface area contributed by atoms with Gasteiger partial charge in [-0.3, -0.25) is 0 Å². The Labute approximate surface area is 161 Å². The molecule has 2 nitrogen and oxygen atoms in total. The van der Waals surface area contributed by atoms with Crippen molar-refractivity contribution in [2.75, 3.05) is 0 Å². The summed E-state index contributed by atoms with van der Waals surface area (Å²) in [5.41, 5.74) is 1.46. The predicted molar refractivity (Wildman–Crippen MR) is 103 cm³/mol. The number of benzene rings is 3. The van der Waals surface area contributed by atoms with Crippen molar-refractivity contribution in [3.63, 3.8) is 0 Å². The van der Waals surface area contributed by atoms with E-state index in [0.29, 0.717) is 5.56 Å². The fraction of sp³-hybridized carbons (Fsp3) is 0.0870. The molecule has 0 aliphatic heterocycles. The monoisotopic (exact) mass is 379 g/mol. The molecule has 0 radical (unpaired) electrons. The molecule has 0 fully saturated rings. The first-order chi connectivity index (χ1) is 13.5. The fourth-order valence-electron chi connectivity index (χ4n) is 2.38. The molecule has 0 saturated heterocycles. The van der Waals surface area contributed by atoms with E-state index in [-0.39, 0.29) is 0 Å². The molecule has 0 spiro atoms. The van der Waals surface area contributed by atoms with Crippen LogP contribution in [-0.2, 0) is 11.0 Å². The Bertz CT molecular complexity index is 970. The standard InChI is InChI=1S/C23H16F3NO/c24-23(25,26)21-14-11-19(12-15-21)17-27-28-22(20-9-5-2-6-10-20)16-13-18-7-3-1-4-8-18/h1-12,14-15,17,22H/b27-17+/t22-/m0/s1. The van der Waals surface area contributed by atoms with Gasteiger partial charge in [0.25, 0.3) is 0 Å². The quantitative estimate of drug-likeness (QED) is 0.317. The van der Waals surface area contributed by atoms with Gasteiger partial charge in [-0.2, -0.15) is 13.2 Å². The highest BCUT2D eigenvalue weighted by Crippen LogP contribution is 2.28. The topological polar surface area (TPSA) is 21.6 Å². The Morgan fingerprint density at radius 1 is 0.821 bits per heavy atom. The van der Waals surface area contributed by atoms with Gasteiger partial charge in [0.2, 0.25) is 6.10 Å². The summed E-state index contributed by atoms with van der Waals surface area (Å²) in [5, 5.41) is 3.91. The maximum atomic E-state index is 12.6. The van der Waals surface area contributed by atoms with Crippen LogP contribution in [0.2, 0.25) is 0 Å². The predicted octanol–water partition coefficient (Wildman–Crippen LogP) is 5.85. The van der Waals surface area contributed by atoms with Crippen molar-refractivity contribution in [2.45, 2.75) is 12.3 Å². The van der Waals surface area contributed by atoms with E-state index >= 15 is 0 Å². The maximum absolute atomic E-state index is 12.6. The summed E-state index contributed by atoms with van der Waals surface area (Å²) in [6.07, 6.45) is -3.61. The van der Waals surface area contributed by atoms with Gasteiger partial charge in [0.15, 0.2) is 0 Å². The molecule has 0 saturated carbocycles. The molecule has 0 bridgehead atoms. The van der Waals surface area contributed by atoms with Crippen molar-refractivity contribution in [2.24, 2.45) is 5.16 Å². The summed E-state index contributed by atoms with van der Waals surface area (Å²) in [7, 11) is 0. The van der Waals surface area contributed by atoms with Crippen LogP contribution in [0.3, 0.4) is 0 Å². The van der Waals surface area contributed by atoms with Crippen LogP contribution in [0, 0.1) is 11.8 Å².